The van der Waals surface area contributed by atoms with Gasteiger partial charge in [0.05, 0.1) is 24.4 Å². The van der Waals surface area contributed by atoms with E-state index in [9.17, 15) is 9.59 Å². The molecule has 0 bridgehead atoms. The van der Waals surface area contributed by atoms with Crippen molar-refractivity contribution in [1.82, 2.24) is 5.32 Å². The van der Waals surface area contributed by atoms with Crippen LogP contribution in [0.25, 0.3) is 11.0 Å². The highest BCUT2D eigenvalue weighted by molar-refractivity contribution is 6.09. The van der Waals surface area contributed by atoms with Crippen molar-refractivity contribution in [3.63, 3.8) is 0 Å². The van der Waals surface area contributed by atoms with Crippen LogP contribution >= 0.6 is 0 Å². The maximum absolute atomic E-state index is 13.0. The van der Waals surface area contributed by atoms with E-state index in [1.54, 1.807) is 55.6 Å². The number of hydrogen-bond donors (Lipinski definition) is 2. The van der Waals surface area contributed by atoms with Gasteiger partial charge < -0.3 is 19.8 Å². The van der Waals surface area contributed by atoms with Crippen molar-refractivity contribution in [2.24, 2.45) is 0 Å². The monoisotopic (exact) mass is 414 g/mol. The summed E-state index contributed by atoms with van der Waals surface area (Å²) in [5.74, 6) is 0.650. The molecule has 1 unspecified atom stereocenters. The number of fused-ring (bicyclic) bond motifs is 1. The molecule has 4 aromatic rings. The Morgan fingerprint density at radius 1 is 0.903 bits per heavy atom. The number of anilines is 1. The average Bonchev–Trinajstić information content (AvgIpc) is 3.24. The molecule has 6 nitrogen and oxygen atoms in total. The summed E-state index contributed by atoms with van der Waals surface area (Å²) in [6.07, 6.45) is 0. The summed E-state index contributed by atoms with van der Waals surface area (Å²) in [6.45, 7) is 1.84. The topological polar surface area (TPSA) is 80.6 Å². The van der Waals surface area contributed by atoms with E-state index in [0.717, 1.165) is 5.39 Å². The lowest BCUT2D eigenvalue weighted by Gasteiger charge is -2.14. The largest absolute Gasteiger partial charge is 0.493 e. The van der Waals surface area contributed by atoms with Crippen LogP contribution in [0.5, 0.6) is 5.75 Å². The van der Waals surface area contributed by atoms with Gasteiger partial charge >= 0.3 is 0 Å². The molecular weight excluding hydrogens is 392 g/mol. The second-order valence-electron chi connectivity index (χ2n) is 7.09. The Bertz CT molecular complexity index is 1230. The van der Waals surface area contributed by atoms with Crippen molar-refractivity contribution < 1.29 is 18.7 Å². The van der Waals surface area contributed by atoms with Gasteiger partial charge in [0, 0.05) is 10.9 Å². The summed E-state index contributed by atoms with van der Waals surface area (Å²) < 4.78 is 11.3. The number of benzene rings is 3. The number of rotatable bonds is 6. The summed E-state index contributed by atoms with van der Waals surface area (Å²) in [4.78, 5) is 25.5. The average molecular weight is 414 g/mol. The van der Waals surface area contributed by atoms with Gasteiger partial charge in [-0.05, 0) is 43.3 Å². The zero-order valence-electron chi connectivity index (χ0n) is 17.2. The lowest BCUT2D eigenvalue weighted by molar-refractivity contribution is 0.0936. The Morgan fingerprint density at radius 2 is 1.65 bits per heavy atom. The predicted octanol–water partition coefficient (Wildman–Crippen LogP) is 5.18. The second-order valence-corrected chi connectivity index (χ2v) is 7.09. The van der Waals surface area contributed by atoms with Gasteiger partial charge in [-0.1, -0.05) is 42.5 Å². The van der Waals surface area contributed by atoms with E-state index in [1.165, 1.54) is 0 Å². The zero-order valence-corrected chi connectivity index (χ0v) is 17.2. The maximum atomic E-state index is 13.0. The minimum Gasteiger partial charge on any atom is -0.493 e. The minimum atomic E-state index is -0.387. The molecule has 0 aliphatic heterocycles. The maximum Gasteiger partial charge on any atom is 0.255 e. The van der Waals surface area contributed by atoms with Crippen LogP contribution in [0.3, 0.4) is 0 Å². The van der Waals surface area contributed by atoms with Crippen LogP contribution in [0.2, 0.25) is 0 Å². The molecule has 2 N–H and O–H groups in total. The highest BCUT2D eigenvalue weighted by Crippen LogP contribution is 2.31. The van der Waals surface area contributed by atoms with E-state index in [2.05, 4.69) is 10.6 Å². The molecule has 6 heteroatoms. The predicted molar refractivity (Wildman–Crippen MR) is 119 cm³/mol. The van der Waals surface area contributed by atoms with E-state index in [-0.39, 0.29) is 17.9 Å². The van der Waals surface area contributed by atoms with Crippen molar-refractivity contribution in [1.29, 1.82) is 0 Å². The van der Waals surface area contributed by atoms with Gasteiger partial charge in [-0.3, -0.25) is 9.59 Å². The van der Waals surface area contributed by atoms with Crippen molar-refractivity contribution in [2.45, 2.75) is 13.0 Å². The van der Waals surface area contributed by atoms with Gasteiger partial charge in [0.25, 0.3) is 11.8 Å². The van der Waals surface area contributed by atoms with E-state index in [4.69, 9.17) is 9.15 Å². The summed E-state index contributed by atoms with van der Waals surface area (Å²) in [5.41, 5.74) is 1.96. The van der Waals surface area contributed by atoms with Gasteiger partial charge in [0.15, 0.2) is 11.3 Å². The molecule has 156 valence electrons. The number of furan rings is 1. The number of para-hydroxylation sites is 2. The van der Waals surface area contributed by atoms with Crippen molar-refractivity contribution in [3.05, 3.63) is 95.7 Å². The third-order valence-corrected chi connectivity index (χ3v) is 4.98. The summed E-state index contributed by atoms with van der Waals surface area (Å²) >= 11 is 0. The third-order valence-electron chi connectivity index (χ3n) is 4.98. The molecule has 0 aliphatic rings. The SMILES string of the molecule is COc1cccc2cc(C(C)NC(=O)c3ccccc3NC(=O)c3ccccc3)oc12. The van der Waals surface area contributed by atoms with Gasteiger partial charge in [-0.25, -0.2) is 0 Å². The number of hydrogen-bond acceptors (Lipinski definition) is 4. The standard InChI is InChI=1S/C25H22N2O4/c1-16(22-15-18-11-8-14-21(30-2)23(18)31-22)26-25(29)19-12-6-7-13-20(19)27-24(28)17-9-4-3-5-10-17/h3-16H,1-2H3,(H,26,29)(H,27,28). The second kappa shape index (κ2) is 8.75. The fraction of sp³-hybridized carbons (Fsp3) is 0.120. The van der Waals surface area contributed by atoms with E-state index < -0.39 is 0 Å². The van der Waals surface area contributed by atoms with Crippen molar-refractivity contribution in [3.8, 4) is 5.75 Å². The fourth-order valence-corrected chi connectivity index (χ4v) is 3.35. The first-order valence-electron chi connectivity index (χ1n) is 9.89. The first-order chi connectivity index (χ1) is 15.1. The molecule has 1 heterocycles. The van der Waals surface area contributed by atoms with Crippen molar-refractivity contribution >= 4 is 28.5 Å². The first-order valence-corrected chi connectivity index (χ1v) is 9.89. The molecule has 0 radical (unpaired) electrons. The van der Waals surface area contributed by atoms with Gasteiger partial charge in [0.1, 0.15) is 5.76 Å². The van der Waals surface area contributed by atoms with E-state index in [1.807, 2.05) is 37.3 Å². The molecule has 0 spiro atoms. The highest BCUT2D eigenvalue weighted by Gasteiger charge is 2.19. The highest BCUT2D eigenvalue weighted by atomic mass is 16.5. The molecule has 1 atom stereocenters. The van der Waals surface area contributed by atoms with Gasteiger partial charge in [-0.2, -0.15) is 0 Å². The molecule has 0 saturated heterocycles. The summed E-state index contributed by atoms with van der Waals surface area (Å²) in [6, 6.07) is 22.9. The van der Waals surface area contributed by atoms with E-state index >= 15 is 0 Å². The quantitative estimate of drug-likeness (QED) is 0.455. The number of ether oxygens (including phenoxy) is 1. The smallest absolute Gasteiger partial charge is 0.255 e. The Balaban J connectivity index is 1.53. The minimum absolute atomic E-state index is 0.279. The third kappa shape index (κ3) is 4.28. The Hall–Kier alpha value is -4.06. The van der Waals surface area contributed by atoms with Crippen LogP contribution < -0.4 is 15.4 Å². The number of carbonyl (C=O) groups excluding carboxylic acids is 2. The van der Waals surface area contributed by atoms with Gasteiger partial charge in [-0.15, -0.1) is 0 Å². The molecular formula is C25H22N2O4. The number of amides is 2. The molecule has 31 heavy (non-hydrogen) atoms. The van der Waals surface area contributed by atoms with Crippen LogP contribution in [0.1, 0.15) is 39.4 Å². The van der Waals surface area contributed by atoms with Crippen LogP contribution in [0.15, 0.2) is 83.3 Å². The normalized spacial score (nSPS) is 11.7. The lowest BCUT2D eigenvalue weighted by Crippen LogP contribution is -2.27. The first kappa shape index (κ1) is 20.2. The molecule has 0 saturated carbocycles. The molecule has 0 fully saturated rings. The summed E-state index contributed by atoms with van der Waals surface area (Å²) in [5, 5.41) is 6.65. The molecule has 3 aromatic carbocycles. The van der Waals surface area contributed by atoms with E-state index in [0.29, 0.717) is 33.9 Å². The van der Waals surface area contributed by atoms with Crippen molar-refractivity contribution in [2.75, 3.05) is 12.4 Å². The fourth-order valence-electron chi connectivity index (χ4n) is 3.35. The number of methoxy groups -OCH3 is 1. The van der Waals surface area contributed by atoms with Crippen LogP contribution in [-0.4, -0.2) is 18.9 Å². The lowest BCUT2D eigenvalue weighted by atomic mass is 10.1. The van der Waals surface area contributed by atoms with Crippen LogP contribution in [0, 0.1) is 0 Å². The zero-order chi connectivity index (χ0) is 21.8. The Kier molecular flexibility index (Phi) is 5.71. The summed E-state index contributed by atoms with van der Waals surface area (Å²) in [7, 11) is 1.59. The molecule has 2 amide bonds. The van der Waals surface area contributed by atoms with Crippen LogP contribution in [-0.2, 0) is 0 Å². The van der Waals surface area contributed by atoms with Crippen LogP contribution in [0.4, 0.5) is 5.69 Å². The molecule has 4 rings (SSSR count). The molecule has 1 aromatic heterocycles. The number of carbonyl (C=O) groups is 2. The van der Waals surface area contributed by atoms with Gasteiger partial charge in [0.2, 0.25) is 0 Å². The Labute approximate surface area is 179 Å². The molecule has 0 aliphatic carbocycles. The Morgan fingerprint density at radius 3 is 2.42 bits per heavy atom. The number of nitrogens with one attached hydrogen (secondary N) is 2.